The maximum atomic E-state index is 10.9. The van der Waals surface area contributed by atoms with Crippen molar-refractivity contribution in [2.24, 2.45) is 0 Å². The summed E-state index contributed by atoms with van der Waals surface area (Å²) in [4.78, 5) is 15.1. The van der Waals surface area contributed by atoms with E-state index in [0.29, 0.717) is 5.92 Å². The molecule has 0 N–H and O–H groups in total. The van der Waals surface area contributed by atoms with Crippen molar-refractivity contribution in [2.45, 2.75) is 32.6 Å². The van der Waals surface area contributed by atoms with Crippen LogP contribution in [-0.4, -0.2) is 10.8 Å². The van der Waals surface area contributed by atoms with Crippen molar-refractivity contribution in [1.29, 1.82) is 0 Å². The van der Waals surface area contributed by atoms with Crippen LogP contribution in [-0.2, 0) is 11.2 Å². The summed E-state index contributed by atoms with van der Waals surface area (Å²) in [6.45, 7) is 3.79. The second-order valence-corrected chi connectivity index (χ2v) is 4.18. The first-order valence-corrected chi connectivity index (χ1v) is 5.34. The predicted octanol–water partition coefficient (Wildman–Crippen LogP) is 2.73. The van der Waals surface area contributed by atoms with Crippen LogP contribution >= 0.6 is 0 Å². The molecule has 0 spiro atoms. The van der Waals surface area contributed by atoms with Gasteiger partial charge in [0.1, 0.15) is 0 Å². The minimum absolute atomic E-state index is 0.0821. The molecule has 2 rings (SSSR count). The molecule has 0 bridgehead atoms. The van der Waals surface area contributed by atoms with Crippen molar-refractivity contribution >= 4 is 11.9 Å². The monoisotopic (exact) mass is 201 g/mol. The molecule has 0 aromatic carbocycles. The number of fused-ring (bicyclic) bond motifs is 1. The van der Waals surface area contributed by atoms with Crippen LogP contribution in [0.4, 0.5) is 0 Å². The quantitative estimate of drug-likeness (QED) is 0.689. The molecule has 78 valence electrons. The Morgan fingerprint density at radius 1 is 1.53 bits per heavy atom. The molecule has 1 aliphatic carbocycles. The lowest BCUT2D eigenvalue weighted by molar-refractivity contribution is -0.112. The normalized spacial score (nSPS) is 19.5. The van der Waals surface area contributed by atoms with Gasteiger partial charge in [0.05, 0.1) is 0 Å². The number of nitrogens with zero attached hydrogens (tertiary/aromatic N) is 1. The van der Waals surface area contributed by atoms with Gasteiger partial charge in [0.15, 0.2) is 5.78 Å². The standard InChI is InChI=1S/C13H15NO/c1-9-3-6-12-11(5-4-10(2)15)7-14-8-13(9)12/h4-5,7-9H,3,6H2,1-2H3. The first-order valence-electron chi connectivity index (χ1n) is 5.34. The number of allylic oxidation sites excluding steroid dienone is 1. The van der Waals surface area contributed by atoms with E-state index in [1.165, 1.54) is 17.5 Å². The Morgan fingerprint density at radius 3 is 3.07 bits per heavy atom. The Balaban J connectivity index is 2.38. The number of carbonyl (C=O) groups is 1. The van der Waals surface area contributed by atoms with Crippen LogP contribution in [0.5, 0.6) is 0 Å². The molecule has 0 saturated carbocycles. The molecule has 0 fully saturated rings. The fraction of sp³-hybridized carbons (Fsp3) is 0.385. The largest absolute Gasteiger partial charge is 0.295 e. The Morgan fingerprint density at radius 2 is 2.33 bits per heavy atom. The van der Waals surface area contributed by atoms with E-state index in [4.69, 9.17) is 0 Å². The van der Waals surface area contributed by atoms with E-state index in [9.17, 15) is 4.79 Å². The lowest BCUT2D eigenvalue weighted by Crippen LogP contribution is -1.92. The molecular weight excluding hydrogens is 186 g/mol. The summed E-state index contributed by atoms with van der Waals surface area (Å²) in [5.74, 6) is 0.692. The number of hydrogen-bond donors (Lipinski definition) is 0. The zero-order chi connectivity index (χ0) is 10.8. The Kier molecular flexibility index (Phi) is 2.67. The molecule has 2 heteroatoms. The summed E-state index contributed by atoms with van der Waals surface area (Å²) in [5.41, 5.74) is 3.82. The van der Waals surface area contributed by atoms with Gasteiger partial charge in [-0.25, -0.2) is 0 Å². The topological polar surface area (TPSA) is 30.0 Å². The SMILES string of the molecule is CC(=O)C=Cc1cncc2c1CCC2C. The van der Waals surface area contributed by atoms with Crippen LogP contribution in [0.1, 0.15) is 42.9 Å². The highest BCUT2D eigenvalue weighted by Crippen LogP contribution is 2.34. The van der Waals surface area contributed by atoms with Crippen LogP contribution in [0, 0.1) is 0 Å². The molecule has 0 amide bonds. The van der Waals surface area contributed by atoms with Crippen molar-refractivity contribution in [3.05, 3.63) is 35.2 Å². The zero-order valence-corrected chi connectivity index (χ0v) is 9.16. The fourth-order valence-corrected chi connectivity index (χ4v) is 2.10. The van der Waals surface area contributed by atoms with Crippen molar-refractivity contribution in [3.8, 4) is 0 Å². The van der Waals surface area contributed by atoms with Crippen molar-refractivity contribution < 1.29 is 4.79 Å². The summed E-state index contributed by atoms with van der Waals surface area (Å²) >= 11 is 0. The van der Waals surface area contributed by atoms with Crippen molar-refractivity contribution in [3.63, 3.8) is 0 Å². The molecule has 0 radical (unpaired) electrons. The molecule has 1 aromatic rings. The van der Waals surface area contributed by atoms with E-state index in [1.54, 1.807) is 13.0 Å². The summed E-state index contributed by atoms with van der Waals surface area (Å²) in [5, 5.41) is 0. The molecule has 2 nitrogen and oxygen atoms in total. The molecule has 0 aliphatic heterocycles. The lowest BCUT2D eigenvalue weighted by Gasteiger charge is -2.05. The van der Waals surface area contributed by atoms with E-state index in [-0.39, 0.29) is 5.78 Å². The van der Waals surface area contributed by atoms with E-state index in [0.717, 1.165) is 12.0 Å². The lowest BCUT2D eigenvalue weighted by atomic mass is 10.0. The minimum atomic E-state index is 0.0821. The van der Waals surface area contributed by atoms with Gasteiger partial charge in [0.2, 0.25) is 0 Å². The summed E-state index contributed by atoms with van der Waals surface area (Å²) < 4.78 is 0. The van der Waals surface area contributed by atoms with Crippen molar-refractivity contribution in [2.75, 3.05) is 0 Å². The van der Waals surface area contributed by atoms with Crippen LogP contribution in [0.3, 0.4) is 0 Å². The Hall–Kier alpha value is -1.44. The number of carbonyl (C=O) groups excluding carboxylic acids is 1. The smallest absolute Gasteiger partial charge is 0.152 e. The molecule has 1 aromatic heterocycles. The second kappa shape index (κ2) is 3.97. The Bertz CT molecular complexity index is 421. The van der Waals surface area contributed by atoms with Crippen LogP contribution in [0.2, 0.25) is 0 Å². The van der Waals surface area contributed by atoms with E-state index in [2.05, 4.69) is 11.9 Å². The van der Waals surface area contributed by atoms with Gasteiger partial charge in [-0.15, -0.1) is 0 Å². The number of ketones is 1. The molecule has 1 atom stereocenters. The third-order valence-corrected chi connectivity index (χ3v) is 2.98. The molecule has 0 saturated heterocycles. The summed E-state index contributed by atoms with van der Waals surface area (Å²) in [6, 6.07) is 0. The Labute approximate surface area is 90.0 Å². The van der Waals surface area contributed by atoms with Crippen LogP contribution in [0.15, 0.2) is 18.5 Å². The highest BCUT2D eigenvalue weighted by molar-refractivity contribution is 5.91. The van der Waals surface area contributed by atoms with E-state index in [1.807, 2.05) is 18.5 Å². The number of rotatable bonds is 2. The summed E-state index contributed by atoms with van der Waals surface area (Å²) in [7, 11) is 0. The van der Waals surface area contributed by atoms with Gasteiger partial charge in [-0.2, -0.15) is 0 Å². The minimum Gasteiger partial charge on any atom is -0.295 e. The highest BCUT2D eigenvalue weighted by Gasteiger charge is 2.20. The van der Waals surface area contributed by atoms with E-state index < -0.39 is 0 Å². The number of aromatic nitrogens is 1. The van der Waals surface area contributed by atoms with Gasteiger partial charge in [0.25, 0.3) is 0 Å². The van der Waals surface area contributed by atoms with Gasteiger partial charge in [-0.1, -0.05) is 6.92 Å². The molecular formula is C13H15NO. The van der Waals surface area contributed by atoms with Gasteiger partial charge < -0.3 is 0 Å². The molecule has 1 aliphatic rings. The zero-order valence-electron chi connectivity index (χ0n) is 9.16. The first kappa shape index (κ1) is 10.1. The third kappa shape index (κ3) is 1.99. The van der Waals surface area contributed by atoms with Crippen LogP contribution in [0.25, 0.3) is 6.08 Å². The molecule has 15 heavy (non-hydrogen) atoms. The van der Waals surface area contributed by atoms with Gasteiger partial charge in [0, 0.05) is 12.4 Å². The molecule has 1 unspecified atom stereocenters. The van der Waals surface area contributed by atoms with E-state index >= 15 is 0 Å². The van der Waals surface area contributed by atoms with Crippen molar-refractivity contribution in [1.82, 2.24) is 4.98 Å². The maximum absolute atomic E-state index is 10.9. The number of hydrogen-bond acceptors (Lipinski definition) is 2. The van der Waals surface area contributed by atoms with Gasteiger partial charge >= 0.3 is 0 Å². The predicted molar refractivity (Wildman–Crippen MR) is 60.7 cm³/mol. The van der Waals surface area contributed by atoms with Gasteiger partial charge in [-0.3, -0.25) is 9.78 Å². The molecule has 1 heterocycles. The third-order valence-electron chi connectivity index (χ3n) is 2.98. The maximum Gasteiger partial charge on any atom is 0.152 e. The average Bonchev–Trinajstić information content (AvgIpc) is 2.58. The first-order chi connectivity index (χ1) is 7.18. The summed E-state index contributed by atoms with van der Waals surface area (Å²) in [6.07, 6.45) is 9.60. The van der Waals surface area contributed by atoms with Crippen LogP contribution < -0.4 is 0 Å². The van der Waals surface area contributed by atoms with Gasteiger partial charge in [-0.05, 0) is 54.5 Å². The second-order valence-electron chi connectivity index (χ2n) is 4.18. The number of pyridine rings is 1. The highest BCUT2D eigenvalue weighted by atomic mass is 16.1. The average molecular weight is 201 g/mol. The fourth-order valence-electron chi connectivity index (χ4n) is 2.10.